The Labute approximate surface area is 123 Å². The lowest BCUT2D eigenvalue weighted by molar-refractivity contribution is -0.142. The lowest BCUT2D eigenvalue weighted by Gasteiger charge is -2.42. The fraction of sp³-hybridized carbons (Fsp3) is 0.846. The number of nitrogens with zero attached hydrogens (tertiary/aromatic N) is 1. The minimum atomic E-state index is -1.51. The number of amides is 2. The summed E-state index contributed by atoms with van der Waals surface area (Å²) in [6.07, 6.45) is -0.916. The van der Waals surface area contributed by atoms with Gasteiger partial charge in [0.1, 0.15) is 0 Å². The molecule has 0 bridgehead atoms. The van der Waals surface area contributed by atoms with E-state index in [4.69, 9.17) is 9.84 Å². The molecule has 0 spiro atoms. The van der Waals surface area contributed by atoms with Gasteiger partial charge in [0.15, 0.2) is 0 Å². The third kappa shape index (κ3) is 5.86. The van der Waals surface area contributed by atoms with Gasteiger partial charge in [0.2, 0.25) is 0 Å². The van der Waals surface area contributed by atoms with Crippen LogP contribution < -0.4 is 5.32 Å². The quantitative estimate of drug-likeness (QED) is 0.538. The Kier molecular flexibility index (Phi) is 5.54. The summed E-state index contributed by atoms with van der Waals surface area (Å²) in [6.45, 7) is 5.21. The van der Waals surface area contributed by atoms with Crippen molar-refractivity contribution in [3.8, 4) is 0 Å². The average molecular weight is 304 g/mol. The van der Waals surface area contributed by atoms with Crippen LogP contribution in [0.2, 0.25) is 0 Å². The third-order valence-corrected chi connectivity index (χ3v) is 3.12. The van der Waals surface area contributed by atoms with Gasteiger partial charge in [-0.05, 0) is 20.8 Å². The number of carboxylic acids is 1. The molecule has 1 aliphatic heterocycles. The zero-order valence-corrected chi connectivity index (χ0v) is 12.6. The summed E-state index contributed by atoms with van der Waals surface area (Å²) in [5, 5.41) is 30.2. The molecule has 2 amide bonds. The van der Waals surface area contributed by atoms with E-state index in [0.29, 0.717) is 6.54 Å². The van der Waals surface area contributed by atoms with Crippen LogP contribution in [-0.2, 0) is 9.53 Å². The molecular weight excluding hydrogens is 280 g/mol. The largest absolute Gasteiger partial charge is 0.481 e. The highest BCUT2D eigenvalue weighted by atomic mass is 16.5. The summed E-state index contributed by atoms with van der Waals surface area (Å²) >= 11 is 0. The molecule has 1 rings (SSSR count). The van der Waals surface area contributed by atoms with Crippen molar-refractivity contribution in [2.75, 3.05) is 26.2 Å². The minimum absolute atomic E-state index is 0.167. The van der Waals surface area contributed by atoms with Crippen molar-refractivity contribution in [1.29, 1.82) is 0 Å². The van der Waals surface area contributed by atoms with Crippen molar-refractivity contribution in [3.63, 3.8) is 0 Å². The summed E-state index contributed by atoms with van der Waals surface area (Å²) in [5.41, 5.74) is -2.09. The molecule has 2 atom stereocenters. The maximum atomic E-state index is 12.1. The molecule has 4 N–H and O–H groups in total. The SMILES string of the molecule is CC(O)(CNC(=O)N1CC(CO)OC(C)(C)C1)CC(=O)O. The van der Waals surface area contributed by atoms with Crippen LogP contribution in [0.5, 0.6) is 0 Å². The molecule has 1 heterocycles. The van der Waals surface area contributed by atoms with Crippen LogP contribution in [-0.4, -0.2) is 75.8 Å². The first-order chi connectivity index (χ1) is 9.54. The van der Waals surface area contributed by atoms with E-state index < -0.39 is 35.7 Å². The number of aliphatic hydroxyl groups excluding tert-OH is 1. The Bertz CT molecular complexity index is 396. The number of rotatable bonds is 5. The molecule has 2 unspecified atom stereocenters. The van der Waals surface area contributed by atoms with Crippen LogP contribution in [0.25, 0.3) is 0 Å². The highest BCUT2D eigenvalue weighted by molar-refractivity contribution is 5.75. The predicted octanol–water partition coefficient (Wildman–Crippen LogP) is -0.607. The summed E-state index contributed by atoms with van der Waals surface area (Å²) in [6, 6.07) is -0.421. The Morgan fingerprint density at radius 3 is 2.62 bits per heavy atom. The van der Waals surface area contributed by atoms with E-state index in [1.807, 2.05) is 13.8 Å². The van der Waals surface area contributed by atoms with E-state index in [-0.39, 0.29) is 19.7 Å². The van der Waals surface area contributed by atoms with Crippen molar-refractivity contribution in [3.05, 3.63) is 0 Å². The number of hydrogen-bond acceptors (Lipinski definition) is 5. The summed E-state index contributed by atoms with van der Waals surface area (Å²) < 4.78 is 5.60. The number of ether oxygens (including phenoxy) is 1. The molecule has 8 heteroatoms. The predicted molar refractivity (Wildman–Crippen MR) is 73.9 cm³/mol. The zero-order valence-electron chi connectivity index (χ0n) is 12.6. The van der Waals surface area contributed by atoms with E-state index in [0.717, 1.165) is 0 Å². The lowest BCUT2D eigenvalue weighted by Crippen LogP contribution is -2.58. The molecule has 0 aliphatic carbocycles. The molecule has 0 aromatic heterocycles. The molecule has 21 heavy (non-hydrogen) atoms. The average Bonchev–Trinajstić information content (AvgIpc) is 2.32. The normalized spacial score (nSPS) is 24.2. The Morgan fingerprint density at radius 1 is 1.48 bits per heavy atom. The molecule has 0 aromatic rings. The number of nitrogens with one attached hydrogen (secondary N) is 1. The van der Waals surface area contributed by atoms with Crippen molar-refractivity contribution >= 4 is 12.0 Å². The van der Waals surface area contributed by atoms with E-state index in [2.05, 4.69) is 5.32 Å². The van der Waals surface area contributed by atoms with Crippen LogP contribution in [0.15, 0.2) is 0 Å². The summed E-state index contributed by atoms with van der Waals surface area (Å²) in [4.78, 5) is 24.2. The smallest absolute Gasteiger partial charge is 0.317 e. The first-order valence-corrected chi connectivity index (χ1v) is 6.80. The highest BCUT2D eigenvalue weighted by Gasteiger charge is 2.36. The summed E-state index contributed by atoms with van der Waals surface area (Å²) in [5.74, 6) is -1.14. The second-order valence-corrected chi connectivity index (χ2v) is 6.29. The molecule has 122 valence electrons. The van der Waals surface area contributed by atoms with Crippen LogP contribution in [0.1, 0.15) is 27.2 Å². The van der Waals surface area contributed by atoms with E-state index in [9.17, 15) is 19.8 Å². The first kappa shape index (κ1) is 17.7. The van der Waals surface area contributed by atoms with Crippen molar-refractivity contribution < 1.29 is 29.6 Å². The minimum Gasteiger partial charge on any atom is -0.481 e. The number of carbonyl (C=O) groups excluding carboxylic acids is 1. The van der Waals surface area contributed by atoms with Crippen LogP contribution in [0.4, 0.5) is 4.79 Å². The van der Waals surface area contributed by atoms with Crippen molar-refractivity contribution in [2.45, 2.75) is 44.5 Å². The molecule has 0 radical (unpaired) electrons. The molecule has 0 saturated carbocycles. The van der Waals surface area contributed by atoms with Gasteiger partial charge in [0, 0.05) is 6.54 Å². The van der Waals surface area contributed by atoms with Gasteiger partial charge in [-0.25, -0.2) is 4.79 Å². The standard InChI is InChI=1S/C13H24N2O6/c1-12(2)8-15(5-9(6-16)21-12)11(19)14-7-13(3,20)4-10(17)18/h9,16,20H,4-8H2,1-3H3,(H,14,19)(H,17,18). The van der Waals surface area contributed by atoms with Gasteiger partial charge in [-0.2, -0.15) is 0 Å². The Morgan fingerprint density at radius 2 is 2.10 bits per heavy atom. The van der Waals surface area contributed by atoms with E-state index in [1.54, 1.807) is 0 Å². The van der Waals surface area contributed by atoms with Gasteiger partial charge in [-0.1, -0.05) is 0 Å². The number of hydrogen-bond donors (Lipinski definition) is 4. The second kappa shape index (κ2) is 6.59. The van der Waals surface area contributed by atoms with Gasteiger partial charge in [0.25, 0.3) is 0 Å². The molecule has 0 aromatic carbocycles. The Balaban J connectivity index is 2.56. The number of carbonyl (C=O) groups is 2. The van der Waals surface area contributed by atoms with Crippen LogP contribution in [0.3, 0.4) is 0 Å². The van der Waals surface area contributed by atoms with Gasteiger partial charge < -0.3 is 30.3 Å². The number of urea groups is 1. The number of morpholine rings is 1. The van der Waals surface area contributed by atoms with E-state index in [1.165, 1.54) is 11.8 Å². The van der Waals surface area contributed by atoms with Crippen LogP contribution >= 0.6 is 0 Å². The van der Waals surface area contributed by atoms with Crippen LogP contribution in [0, 0.1) is 0 Å². The number of aliphatic hydroxyl groups is 2. The highest BCUT2D eigenvalue weighted by Crippen LogP contribution is 2.21. The topological polar surface area (TPSA) is 119 Å². The fourth-order valence-electron chi connectivity index (χ4n) is 2.31. The van der Waals surface area contributed by atoms with Gasteiger partial charge in [-0.3, -0.25) is 4.79 Å². The lowest BCUT2D eigenvalue weighted by atomic mass is 10.0. The molecule has 8 nitrogen and oxygen atoms in total. The molecule has 1 aliphatic rings. The van der Waals surface area contributed by atoms with Gasteiger partial charge >= 0.3 is 12.0 Å². The molecule has 1 fully saturated rings. The van der Waals surface area contributed by atoms with Crippen molar-refractivity contribution in [2.24, 2.45) is 0 Å². The maximum Gasteiger partial charge on any atom is 0.317 e. The first-order valence-electron chi connectivity index (χ1n) is 6.80. The fourth-order valence-corrected chi connectivity index (χ4v) is 2.31. The van der Waals surface area contributed by atoms with Gasteiger partial charge in [-0.15, -0.1) is 0 Å². The van der Waals surface area contributed by atoms with E-state index >= 15 is 0 Å². The monoisotopic (exact) mass is 304 g/mol. The Hall–Kier alpha value is -1.38. The van der Waals surface area contributed by atoms with Gasteiger partial charge in [0.05, 0.1) is 43.4 Å². The maximum absolute atomic E-state index is 12.1. The van der Waals surface area contributed by atoms with Crippen molar-refractivity contribution in [1.82, 2.24) is 10.2 Å². The molecule has 1 saturated heterocycles. The zero-order chi connectivity index (χ0) is 16.3. The second-order valence-electron chi connectivity index (χ2n) is 6.29. The third-order valence-electron chi connectivity index (χ3n) is 3.12. The number of carboxylic acid groups (broad SMARTS) is 1. The number of aliphatic carboxylic acids is 1. The molecular formula is C13H24N2O6. The summed E-state index contributed by atoms with van der Waals surface area (Å²) in [7, 11) is 0.